The summed E-state index contributed by atoms with van der Waals surface area (Å²) >= 11 is 7.89. The molecule has 6 heteroatoms. The zero-order valence-corrected chi connectivity index (χ0v) is 15.3. The van der Waals surface area contributed by atoms with Crippen LogP contribution in [-0.4, -0.2) is 21.2 Å². The standard InChI is InChI=1S/C18H19ClN4S/c1-10-6-17(11(2)5-16(10)19)24-23-13-3-4-14-12(7-13)8-20-18-15(14)9-21-22-18/h5-6,8-9,13,23H,3-4,7H2,1-2H3,(H,20,21,22). The van der Waals surface area contributed by atoms with Gasteiger partial charge in [0, 0.05) is 27.5 Å². The molecule has 0 fully saturated rings. The minimum atomic E-state index is 0.448. The minimum absolute atomic E-state index is 0.448. The van der Waals surface area contributed by atoms with Crippen LogP contribution >= 0.6 is 23.5 Å². The zero-order valence-electron chi connectivity index (χ0n) is 13.7. The van der Waals surface area contributed by atoms with Crippen molar-refractivity contribution in [3.8, 4) is 0 Å². The van der Waals surface area contributed by atoms with Crippen LogP contribution in [0.3, 0.4) is 0 Å². The molecule has 0 bridgehead atoms. The lowest BCUT2D eigenvalue weighted by atomic mass is 9.88. The number of hydrogen-bond donors (Lipinski definition) is 2. The highest BCUT2D eigenvalue weighted by Crippen LogP contribution is 2.30. The van der Waals surface area contributed by atoms with E-state index in [-0.39, 0.29) is 0 Å². The van der Waals surface area contributed by atoms with Crippen LogP contribution in [0.25, 0.3) is 11.0 Å². The molecule has 124 valence electrons. The fourth-order valence-corrected chi connectivity index (χ4v) is 4.43. The lowest BCUT2D eigenvalue weighted by Crippen LogP contribution is -2.30. The van der Waals surface area contributed by atoms with Gasteiger partial charge < -0.3 is 0 Å². The largest absolute Gasteiger partial charge is 0.261 e. The first-order chi connectivity index (χ1) is 11.6. The van der Waals surface area contributed by atoms with Gasteiger partial charge in [0.2, 0.25) is 0 Å². The highest BCUT2D eigenvalue weighted by molar-refractivity contribution is 7.97. The summed E-state index contributed by atoms with van der Waals surface area (Å²) in [5.41, 5.74) is 5.95. The van der Waals surface area contributed by atoms with Gasteiger partial charge in [0.25, 0.3) is 0 Å². The minimum Gasteiger partial charge on any atom is -0.261 e. The van der Waals surface area contributed by atoms with E-state index in [0.717, 1.165) is 35.5 Å². The SMILES string of the molecule is Cc1cc(SNC2CCc3c(cnc4[nH]ncc34)C2)c(C)cc1Cl. The van der Waals surface area contributed by atoms with Gasteiger partial charge in [0.05, 0.1) is 6.20 Å². The topological polar surface area (TPSA) is 53.6 Å². The molecule has 2 aromatic heterocycles. The Hall–Kier alpha value is -1.56. The van der Waals surface area contributed by atoms with Crippen LogP contribution in [0.4, 0.5) is 0 Å². The van der Waals surface area contributed by atoms with Crippen molar-refractivity contribution >= 4 is 34.6 Å². The van der Waals surface area contributed by atoms with Crippen molar-refractivity contribution in [1.82, 2.24) is 19.9 Å². The molecule has 24 heavy (non-hydrogen) atoms. The first kappa shape index (κ1) is 15.9. The third kappa shape index (κ3) is 2.92. The van der Waals surface area contributed by atoms with Gasteiger partial charge in [0.1, 0.15) is 0 Å². The molecule has 2 N–H and O–H groups in total. The number of aromatic nitrogens is 3. The van der Waals surface area contributed by atoms with E-state index in [1.54, 1.807) is 11.9 Å². The lowest BCUT2D eigenvalue weighted by Gasteiger charge is -2.25. The molecule has 3 aromatic rings. The highest BCUT2D eigenvalue weighted by Gasteiger charge is 2.21. The first-order valence-electron chi connectivity index (χ1n) is 8.11. The Bertz CT molecular complexity index is 905. The fourth-order valence-electron chi connectivity index (χ4n) is 3.26. The molecular formula is C18H19ClN4S. The van der Waals surface area contributed by atoms with Crippen molar-refractivity contribution in [3.63, 3.8) is 0 Å². The molecule has 1 atom stereocenters. The van der Waals surface area contributed by atoms with Gasteiger partial charge in [0.15, 0.2) is 5.65 Å². The van der Waals surface area contributed by atoms with E-state index in [4.69, 9.17) is 11.6 Å². The van der Waals surface area contributed by atoms with Gasteiger partial charge in [-0.25, -0.2) is 4.98 Å². The second-order valence-corrected chi connectivity index (χ2v) is 7.71. The van der Waals surface area contributed by atoms with E-state index < -0.39 is 0 Å². The molecule has 0 aliphatic heterocycles. The monoisotopic (exact) mass is 358 g/mol. The van der Waals surface area contributed by atoms with Crippen molar-refractivity contribution in [2.75, 3.05) is 0 Å². The number of hydrogen-bond acceptors (Lipinski definition) is 4. The smallest absolute Gasteiger partial charge is 0.155 e. The van der Waals surface area contributed by atoms with E-state index in [1.807, 2.05) is 25.4 Å². The second-order valence-electron chi connectivity index (χ2n) is 6.42. The summed E-state index contributed by atoms with van der Waals surface area (Å²) in [7, 11) is 0. The van der Waals surface area contributed by atoms with Crippen LogP contribution in [0.2, 0.25) is 5.02 Å². The number of benzene rings is 1. The van der Waals surface area contributed by atoms with E-state index in [0.29, 0.717) is 6.04 Å². The zero-order chi connectivity index (χ0) is 16.7. The lowest BCUT2D eigenvalue weighted by molar-refractivity contribution is 0.547. The molecule has 2 heterocycles. The van der Waals surface area contributed by atoms with Crippen molar-refractivity contribution in [2.45, 2.75) is 44.0 Å². The number of nitrogens with zero attached hydrogens (tertiary/aromatic N) is 2. The number of nitrogens with one attached hydrogen (secondary N) is 2. The molecular weight excluding hydrogens is 340 g/mol. The summed E-state index contributed by atoms with van der Waals surface area (Å²) in [5.74, 6) is 0. The highest BCUT2D eigenvalue weighted by atomic mass is 35.5. The van der Waals surface area contributed by atoms with Gasteiger partial charge >= 0.3 is 0 Å². The maximum absolute atomic E-state index is 6.19. The predicted octanol–water partition coefficient (Wildman–Crippen LogP) is 4.38. The van der Waals surface area contributed by atoms with Crippen LogP contribution in [0.1, 0.15) is 28.7 Å². The Kier molecular flexibility index (Phi) is 4.24. The van der Waals surface area contributed by atoms with Crippen LogP contribution in [-0.2, 0) is 12.8 Å². The Morgan fingerprint density at radius 1 is 1.25 bits per heavy atom. The number of aryl methyl sites for hydroxylation is 3. The Labute approximate surface area is 150 Å². The third-order valence-electron chi connectivity index (χ3n) is 4.68. The van der Waals surface area contributed by atoms with Crippen LogP contribution in [0.15, 0.2) is 29.4 Å². The van der Waals surface area contributed by atoms with Crippen LogP contribution in [0.5, 0.6) is 0 Å². The summed E-state index contributed by atoms with van der Waals surface area (Å²) in [6.45, 7) is 4.15. The van der Waals surface area contributed by atoms with Crippen molar-refractivity contribution in [3.05, 3.63) is 51.8 Å². The van der Waals surface area contributed by atoms with Crippen LogP contribution < -0.4 is 4.72 Å². The van der Waals surface area contributed by atoms with E-state index in [9.17, 15) is 0 Å². The maximum Gasteiger partial charge on any atom is 0.155 e. The van der Waals surface area contributed by atoms with Crippen molar-refractivity contribution < 1.29 is 0 Å². The molecule has 0 radical (unpaired) electrons. The third-order valence-corrected chi connectivity index (χ3v) is 6.20. The number of fused-ring (bicyclic) bond motifs is 3. The van der Waals surface area contributed by atoms with Gasteiger partial charge in [-0.2, -0.15) is 5.10 Å². The fraction of sp³-hybridized carbons (Fsp3) is 0.333. The molecule has 1 aromatic carbocycles. The molecule has 0 spiro atoms. The van der Waals surface area contributed by atoms with Gasteiger partial charge in [-0.1, -0.05) is 11.6 Å². The van der Waals surface area contributed by atoms with E-state index in [1.165, 1.54) is 27.0 Å². The Morgan fingerprint density at radius 3 is 3.00 bits per heavy atom. The summed E-state index contributed by atoms with van der Waals surface area (Å²) in [5, 5.41) is 9.06. The normalized spacial score (nSPS) is 17.2. The van der Waals surface area contributed by atoms with Crippen molar-refractivity contribution in [1.29, 1.82) is 0 Å². The number of halogens is 1. The van der Waals surface area contributed by atoms with Gasteiger partial charge in [-0.15, -0.1) is 0 Å². The molecule has 1 unspecified atom stereocenters. The summed E-state index contributed by atoms with van der Waals surface area (Å²) in [6.07, 6.45) is 7.07. The number of pyridine rings is 1. The summed E-state index contributed by atoms with van der Waals surface area (Å²) < 4.78 is 3.63. The quantitative estimate of drug-likeness (QED) is 0.682. The maximum atomic E-state index is 6.19. The van der Waals surface area contributed by atoms with Crippen molar-refractivity contribution in [2.24, 2.45) is 0 Å². The Morgan fingerprint density at radius 2 is 2.12 bits per heavy atom. The summed E-state index contributed by atoms with van der Waals surface area (Å²) in [6, 6.07) is 4.64. The van der Waals surface area contributed by atoms with E-state index >= 15 is 0 Å². The average Bonchev–Trinajstić information content (AvgIpc) is 3.05. The second kappa shape index (κ2) is 6.39. The molecule has 0 saturated heterocycles. The number of H-pyrrole nitrogens is 1. The van der Waals surface area contributed by atoms with Crippen LogP contribution in [0, 0.1) is 13.8 Å². The number of rotatable bonds is 3. The number of aromatic amines is 1. The molecule has 0 amide bonds. The molecule has 4 nitrogen and oxygen atoms in total. The van der Waals surface area contributed by atoms with E-state index in [2.05, 4.69) is 32.9 Å². The predicted molar refractivity (Wildman–Crippen MR) is 99.6 cm³/mol. The molecule has 4 rings (SSSR count). The average molecular weight is 359 g/mol. The van der Waals surface area contributed by atoms with Gasteiger partial charge in [-0.3, -0.25) is 9.82 Å². The molecule has 1 aliphatic rings. The Balaban J connectivity index is 1.48. The van der Waals surface area contributed by atoms with Gasteiger partial charge in [-0.05, 0) is 79.4 Å². The molecule has 1 aliphatic carbocycles. The first-order valence-corrected chi connectivity index (χ1v) is 9.30. The molecule has 0 saturated carbocycles. The summed E-state index contributed by atoms with van der Waals surface area (Å²) in [4.78, 5) is 5.72.